The highest BCUT2D eigenvalue weighted by atomic mass is 16.3. The van der Waals surface area contributed by atoms with Crippen molar-refractivity contribution in [1.29, 1.82) is 0 Å². The third-order valence-electron chi connectivity index (χ3n) is 3.15. The van der Waals surface area contributed by atoms with Crippen LogP contribution >= 0.6 is 0 Å². The Kier molecular flexibility index (Phi) is 9.02. The molecule has 18 heavy (non-hydrogen) atoms. The molecule has 0 radical (unpaired) electrons. The van der Waals surface area contributed by atoms with Crippen LogP contribution in [0.3, 0.4) is 0 Å². The molecule has 108 valence electrons. The van der Waals surface area contributed by atoms with Gasteiger partial charge in [0.15, 0.2) is 0 Å². The van der Waals surface area contributed by atoms with Crippen molar-refractivity contribution in [2.24, 2.45) is 5.41 Å². The highest BCUT2D eigenvalue weighted by Crippen LogP contribution is 2.18. The number of hydrogen-bond acceptors (Lipinski definition) is 3. The molecule has 0 spiro atoms. The van der Waals surface area contributed by atoms with Crippen molar-refractivity contribution in [3.05, 3.63) is 0 Å². The van der Waals surface area contributed by atoms with Crippen molar-refractivity contribution in [3.63, 3.8) is 0 Å². The van der Waals surface area contributed by atoms with Crippen molar-refractivity contribution < 1.29 is 9.90 Å². The van der Waals surface area contributed by atoms with E-state index in [0.717, 1.165) is 32.4 Å². The molecule has 0 saturated carbocycles. The molecule has 0 heterocycles. The van der Waals surface area contributed by atoms with Gasteiger partial charge in [0.25, 0.3) is 0 Å². The van der Waals surface area contributed by atoms with Gasteiger partial charge in [0.1, 0.15) is 0 Å². The van der Waals surface area contributed by atoms with Gasteiger partial charge in [0.2, 0.25) is 5.91 Å². The molecule has 0 aromatic carbocycles. The average Bonchev–Trinajstić information content (AvgIpc) is 2.31. The van der Waals surface area contributed by atoms with Crippen molar-refractivity contribution in [3.8, 4) is 0 Å². The summed E-state index contributed by atoms with van der Waals surface area (Å²) in [5, 5.41) is 15.1. The number of unbranched alkanes of at least 4 members (excludes halogenated alkanes) is 2. The second-order valence-corrected chi connectivity index (χ2v) is 5.74. The molecule has 0 fully saturated rings. The van der Waals surface area contributed by atoms with Gasteiger partial charge in [-0.15, -0.1) is 0 Å². The Morgan fingerprint density at radius 2 is 2.00 bits per heavy atom. The van der Waals surface area contributed by atoms with Crippen LogP contribution in [0, 0.1) is 5.41 Å². The SMILES string of the molecule is CCCCCNC(=O)C(C)NCC(C)(C)CCO. The Morgan fingerprint density at radius 1 is 1.33 bits per heavy atom. The molecule has 0 aliphatic heterocycles. The molecule has 0 aliphatic rings. The van der Waals surface area contributed by atoms with Gasteiger partial charge in [-0.05, 0) is 25.2 Å². The van der Waals surface area contributed by atoms with E-state index < -0.39 is 0 Å². The van der Waals surface area contributed by atoms with Crippen molar-refractivity contribution >= 4 is 5.91 Å². The summed E-state index contributed by atoms with van der Waals surface area (Å²) in [5.74, 6) is 0.0610. The van der Waals surface area contributed by atoms with E-state index in [1.165, 1.54) is 6.42 Å². The van der Waals surface area contributed by atoms with E-state index in [1.54, 1.807) is 0 Å². The first-order valence-corrected chi connectivity index (χ1v) is 7.05. The molecule has 0 bridgehead atoms. The van der Waals surface area contributed by atoms with E-state index in [9.17, 15) is 4.79 Å². The Morgan fingerprint density at radius 3 is 2.56 bits per heavy atom. The van der Waals surface area contributed by atoms with Crippen LogP contribution in [0.2, 0.25) is 0 Å². The summed E-state index contributed by atoms with van der Waals surface area (Å²) in [5.41, 5.74) is 0.0193. The Hall–Kier alpha value is -0.610. The number of carbonyl (C=O) groups excluding carboxylic acids is 1. The highest BCUT2D eigenvalue weighted by molar-refractivity contribution is 5.81. The summed E-state index contributed by atoms with van der Waals surface area (Å²) in [4.78, 5) is 11.8. The molecule has 0 aromatic heterocycles. The van der Waals surface area contributed by atoms with Crippen molar-refractivity contribution in [2.75, 3.05) is 19.7 Å². The number of amides is 1. The first-order valence-electron chi connectivity index (χ1n) is 7.05. The molecular weight excluding hydrogens is 228 g/mol. The highest BCUT2D eigenvalue weighted by Gasteiger charge is 2.20. The van der Waals surface area contributed by atoms with Gasteiger partial charge >= 0.3 is 0 Å². The Balaban J connectivity index is 3.80. The van der Waals surface area contributed by atoms with Gasteiger partial charge in [-0.25, -0.2) is 0 Å². The third kappa shape index (κ3) is 8.48. The fourth-order valence-electron chi connectivity index (χ4n) is 1.65. The molecule has 1 unspecified atom stereocenters. The largest absolute Gasteiger partial charge is 0.396 e. The lowest BCUT2D eigenvalue weighted by Gasteiger charge is -2.26. The minimum Gasteiger partial charge on any atom is -0.396 e. The standard InChI is InChI=1S/C14H30N2O2/c1-5-6-7-9-15-13(18)12(2)16-11-14(3,4)8-10-17/h12,16-17H,5-11H2,1-4H3,(H,15,18). The van der Waals surface area contributed by atoms with Crippen LogP contribution in [0.25, 0.3) is 0 Å². The van der Waals surface area contributed by atoms with Crippen LogP contribution in [-0.4, -0.2) is 36.8 Å². The van der Waals surface area contributed by atoms with Gasteiger partial charge in [-0.2, -0.15) is 0 Å². The molecule has 0 aromatic rings. The molecule has 1 atom stereocenters. The van der Waals surface area contributed by atoms with E-state index in [2.05, 4.69) is 31.4 Å². The molecule has 0 rings (SSSR count). The second kappa shape index (κ2) is 9.34. The fraction of sp³-hybridized carbons (Fsp3) is 0.929. The van der Waals surface area contributed by atoms with Crippen LogP contribution in [-0.2, 0) is 4.79 Å². The van der Waals surface area contributed by atoms with E-state index in [1.807, 2.05) is 6.92 Å². The van der Waals surface area contributed by atoms with Gasteiger partial charge < -0.3 is 15.7 Å². The second-order valence-electron chi connectivity index (χ2n) is 5.74. The van der Waals surface area contributed by atoms with Crippen LogP contribution in [0.4, 0.5) is 0 Å². The molecule has 4 nitrogen and oxygen atoms in total. The lowest BCUT2D eigenvalue weighted by Crippen LogP contribution is -2.45. The summed E-state index contributed by atoms with van der Waals surface area (Å²) in [6.45, 7) is 9.88. The maximum Gasteiger partial charge on any atom is 0.236 e. The number of hydrogen-bond donors (Lipinski definition) is 3. The summed E-state index contributed by atoms with van der Waals surface area (Å²) in [6, 6.07) is -0.176. The number of aliphatic hydroxyl groups is 1. The Bertz CT molecular complexity index is 230. The van der Waals surface area contributed by atoms with Crippen molar-refractivity contribution in [1.82, 2.24) is 10.6 Å². The maximum absolute atomic E-state index is 11.8. The predicted octanol–water partition coefficient (Wildman–Crippen LogP) is 1.68. The Labute approximate surface area is 112 Å². The zero-order valence-corrected chi connectivity index (χ0v) is 12.4. The predicted molar refractivity (Wildman–Crippen MR) is 75.5 cm³/mol. The third-order valence-corrected chi connectivity index (χ3v) is 3.15. The summed E-state index contributed by atoms with van der Waals surface area (Å²) < 4.78 is 0. The number of aliphatic hydroxyl groups excluding tert-OH is 1. The van der Waals surface area contributed by atoms with E-state index in [-0.39, 0.29) is 24.0 Å². The summed E-state index contributed by atoms with van der Waals surface area (Å²) in [6.07, 6.45) is 4.11. The van der Waals surface area contributed by atoms with E-state index in [4.69, 9.17) is 5.11 Å². The van der Waals surface area contributed by atoms with Gasteiger partial charge in [0.05, 0.1) is 6.04 Å². The fourth-order valence-corrected chi connectivity index (χ4v) is 1.65. The van der Waals surface area contributed by atoms with Gasteiger partial charge in [-0.1, -0.05) is 33.6 Å². The minimum absolute atomic E-state index is 0.0193. The summed E-state index contributed by atoms with van der Waals surface area (Å²) >= 11 is 0. The quantitative estimate of drug-likeness (QED) is 0.522. The maximum atomic E-state index is 11.8. The first kappa shape index (κ1) is 17.4. The van der Waals surface area contributed by atoms with Crippen molar-refractivity contribution in [2.45, 2.75) is 59.4 Å². The van der Waals surface area contributed by atoms with E-state index >= 15 is 0 Å². The van der Waals surface area contributed by atoms with E-state index in [0.29, 0.717) is 0 Å². The van der Waals surface area contributed by atoms with Crippen LogP contribution < -0.4 is 10.6 Å². The molecule has 0 aliphatic carbocycles. The van der Waals surface area contributed by atoms with Gasteiger partial charge in [0, 0.05) is 19.7 Å². The average molecular weight is 258 g/mol. The smallest absolute Gasteiger partial charge is 0.236 e. The normalized spacial score (nSPS) is 13.4. The first-order chi connectivity index (χ1) is 8.43. The summed E-state index contributed by atoms with van der Waals surface area (Å²) in [7, 11) is 0. The lowest BCUT2D eigenvalue weighted by atomic mass is 9.89. The van der Waals surface area contributed by atoms with Crippen LogP contribution in [0.15, 0.2) is 0 Å². The van der Waals surface area contributed by atoms with Gasteiger partial charge in [-0.3, -0.25) is 4.79 Å². The molecule has 0 saturated heterocycles. The monoisotopic (exact) mass is 258 g/mol. The number of nitrogens with one attached hydrogen (secondary N) is 2. The molecular formula is C14H30N2O2. The lowest BCUT2D eigenvalue weighted by molar-refractivity contribution is -0.122. The molecule has 3 N–H and O–H groups in total. The minimum atomic E-state index is -0.176. The zero-order chi connectivity index (χ0) is 14.0. The number of rotatable bonds is 10. The molecule has 4 heteroatoms. The van der Waals surface area contributed by atoms with Crippen LogP contribution in [0.5, 0.6) is 0 Å². The number of carbonyl (C=O) groups is 1. The zero-order valence-electron chi connectivity index (χ0n) is 12.4. The topological polar surface area (TPSA) is 61.4 Å². The van der Waals surface area contributed by atoms with Crippen LogP contribution in [0.1, 0.15) is 53.4 Å². The molecule has 1 amide bonds.